The van der Waals surface area contributed by atoms with E-state index in [9.17, 15) is 9.90 Å². The van der Waals surface area contributed by atoms with E-state index in [1.807, 2.05) is 11.8 Å². The van der Waals surface area contributed by atoms with Gasteiger partial charge in [0.1, 0.15) is 11.5 Å². The molecule has 0 radical (unpaired) electrons. The van der Waals surface area contributed by atoms with Crippen LogP contribution in [0.5, 0.6) is 11.5 Å². The van der Waals surface area contributed by atoms with Gasteiger partial charge < -0.3 is 19.8 Å². The molecule has 0 aliphatic carbocycles. The monoisotopic (exact) mass is 253 g/mol. The van der Waals surface area contributed by atoms with Crippen molar-refractivity contribution in [2.24, 2.45) is 0 Å². The SMILES string of the molecule is CCN(CCCC(=O)O)c1cc(O)ccc1OC. The van der Waals surface area contributed by atoms with Gasteiger partial charge in [-0.2, -0.15) is 0 Å². The predicted molar refractivity (Wildman–Crippen MR) is 69.4 cm³/mol. The van der Waals surface area contributed by atoms with Crippen LogP contribution in [0.1, 0.15) is 19.8 Å². The largest absolute Gasteiger partial charge is 0.508 e. The molecule has 0 spiro atoms. The van der Waals surface area contributed by atoms with Gasteiger partial charge in [0.05, 0.1) is 12.8 Å². The Morgan fingerprint density at radius 1 is 1.44 bits per heavy atom. The summed E-state index contributed by atoms with van der Waals surface area (Å²) in [5, 5.41) is 18.1. The normalized spacial score (nSPS) is 10.1. The Kier molecular flexibility index (Phi) is 5.30. The van der Waals surface area contributed by atoms with Crippen LogP contribution < -0.4 is 9.64 Å². The topological polar surface area (TPSA) is 70.0 Å². The van der Waals surface area contributed by atoms with Crippen LogP contribution >= 0.6 is 0 Å². The highest BCUT2D eigenvalue weighted by molar-refractivity contribution is 5.67. The van der Waals surface area contributed by atoms with E-state index in [0.717, 1.165) is 12.2 Å². The van der Waals surface area contributed by atoms with Crippen molar-refractivity contribution in [2.75, 3.05) is 25.1 Å². The van der Waals surface area contributed by atoms with Crippen molar-refractivity contribution >= 4 is 11.7 Å². The first-order chi connectivity index (χ1) is 8.58. The molecule has 0 fully saturated rings. The van der Waals surface area contributed by atoms with Gasteiger partial charge in [-0.1, -0.05) is 0 Å². The number of benzene rings is 1. The summed E-state index contributed by atoms with van der Waals surface area (Å²) in [5.41, 5.74) is 0.783. The maximum atomic E-state index is 10.5. The number of methoxy groups -OCH3 is 1. The lowest BCUT2D eigenvalue weighted by Gasteiger charge is -2.24. The van der Waals surface area contributed by atoms with Crippen molar-refractivity contribution < 1.29 is 19.7 Å². The highest BCUT2D eigenvalue weighted by atomic mass is 16.5. The van der Waals surface area contributed by atoms with Crippen LogP contribution in [0, 0.1) is 0 Å². The summed E-state index contributed by atoms with van der Waals surface area (Å²) in [4.78, 5) is 12.5. The fourth-order valence-electron chi connectivity index (χ4n) is 1.80. The number of aromatic hydroxyl groups is 1. The van der Waals surface area contributed by atoms with E-state index in [4.69, 9.17) is 9.84 Å². The average molecular weight is 253 g/mol. The molecule has 0 amide bonds. The number of ether oxygens (including phenoxy) is 1. The Balaban J connectivity index is 2.80. The molecule has 0 aromatic heterocycles. The minimum absolute atomic E-state index is 0.137. The quantitative estimate of drug-likeness (QED) is 0.778. The molecule has 5 heteroatoms. The van der Waals surface area contributed by atoms with Gasteiger partial charge in [0.25, 0.3) is 0 Å². The molecular weight excluding hydrogens is 234 g/mol. The lowest BCUT2D eigenvalue weighted by Crippen LogP contribution is -2.24. The molecule has 100 valence electrons. The van der Waals surface area contributed by atoms with Crippen molar-refractivity contribution in [2.45, 2.75) is 19.8 Å². The number of phenolic OH excluding ortho intramolecular Hbond substituents is 1. The zero-order valence-corrected chi connectivity index (χ0v) is 10.7. The number of anilines is 1. The maximum Gasteiger partial charge on any atom is 0.303 e. The molecule has 0 aliphatic heterocycles. The molecule has 0 aliphatic rings. The van der Waals surface area contributed by atoms with E-state index < -0.39 is 5.97 Å². The van der Waals surface area contributed by atoms with Gasteiger partial charge in [0.2, 0.25) is 0 Å². The predicted octanol–water partition coefficient (Wildman–Crippen LogP) is 2.09. The zero-order valence-electron chi connectivity index (χ0n) is 10.7. The summed E-state index contributed by atoms with van der Waals surface area (Å²) in [5.74, 6) is 0.0430. The Labute approximate surface area is 107 Å². The van der Waals surface area contributed by atoms with Gasteiger partial charge in [0.15, 0.2) is 0 Å². The lowest BCUT2D eigenvalue weighted by atomic mass is 10.2. The number of carboxylic acids is 1. The molecule has 1 aromatic rings. The summed E-state index contributed by atoms with van der Waals surface area (Å²) >= 11 is 0. The Morgan fingerprint density at radius 2 is 2.17 bits per heavy atom. The molecule has 0 heterocycles. The van der Waals surface area contributed by atoms with E-state index in [1.54, 1.807) is 25.3 Å². The number of nitrogens with zero attached hydrogens (tertiary/aromatic N) is 1. The third kappa shape index (κ3) is 3.84. The first kappa shape index (κ1) is 14.2. The molecule has 0 atom stereocenters. The molecule has 2 N–H and O–H groups in total. The van der Waals surface area contributed by atoms with Crippen LogP contribution in [0.15, 0.2) is 18.2 Å². The minimum atomic E-state index is -0.797. The third-order valence-electron chi connectivity index (χ3n) is 2.70. The van der Waals surface area contributed by atoms with Gasteiger partial charge >= 0.3 is 5.97 Å². The summed E-state index contributed by atoms with van der Waals surface area (Å²) in [7, 11) is 1.57. The second kappa shape index (κ2) is 6.74. The summed E-state index contributed by atoms with van der Waals surface area (Å²) in [6.07, 6.45) is 0.694. The van der Waals surface area contributed by atoms with Crippen LogP contribution in [-0.4, -0.2) is 36.4 Å². The second-order valence-corrected chi connectivity index (χ2v) is 3.93. The zero-order chi connectivity index (χ0) is 13.5. The Bertz CT molecular complexity index is 406. The van der Waals surface area contributed by atoms with Crippen molar-refractivity contribution in [3.05, 3.63) is 18.2 Å². The Hall–Kier alpha value is -1.91. The fourth-order valence-corrected chi connectivity index (χ4v) is 1.80. The van der Waals surface area contributed by atoms with Gasteiger partial charge in [-0.15, -0.1) is 0 Å². The average Bonchev–Trinajstić information content (AvgIpc) is 2.34. The summed E-state index contributed by atoms with van der Waals surface area (Å²) in [6.45, 7) is 3.31. The van der Waals surface area contributed by atoms with E-state index in [0.29, 0.717) is 18.7 Å². The minimum Gasteiger partial charge on any atom is -0.508 e. The first-order valence-corrected chi connectivity index (χ1v) is 5.92. The van der Waals surface area contributed by atoms with Gasteiger partial charge in [-0.3, -0.25) is 4.79 Å². The lowest BCUT2D eigenvalue weighted by molar-refractivity contribution is -0.137. The van der Waals surface area contributed by atoms with Crippen molar-refractivity contribution in [3.8, 4) is 11.5 Å². The Morgan fingerprint density at radius 3 is 2.72 bits per heavy atom. The van der Waals surface area contributed by atoms with Crippen molar-refractivity contribution in [1.82, 2.24) is 0 Å². The van der Waals surface area contributed by atoms with E-state index in [2.05, 4.69) is 0 Å². The van der Waals surface area contributed by atoms with Crippen LogP contribution in [-0.2, 0) is 4.79 Å². The molecule has 0 saturated carbocycles. The summed E-state index contributed by atoms with van der Waals surface area (Å²) < 4.78 is 5.24. The molecule has 5 nitrogen and oxygen atoms in total. The number of hydrogen-bond acceptors (Lipinski definition) is 4. The number of carboxylic acid groups (broad SMARTS) is 1. The van der Waals surface area contributed by atoms with E-state index in [-0.39, 0.29) is 12.2 Å². The van der Waals surface area contributed by atoms with Crippen LogP contribution in [0.4, 0.5) is 5.69 Å². The third-order valence-corrected chi connectivity index (χ3v) is 2.70. The van der Waals surface area contributed by atoms with Crippen molar-refractivity contribution in [1.29, 1.82) is 0 Å². The van der Waals surface area contributed by atoms with E-state index in [1.165, 1.54) is 0 Å². The number of carbonyl (C=O) groups is 1. The summed E-state index contributed by atoms with van der Waals surface area (Å²) in [6, 6.07) is 4.89. The second-order valence-electron chi connectivity index (χ2n) is 3.93. The highest BCUT2D eigenvalue weighted by Crippen LogP contribution is 2.31. The molecule has 1 aromatic carbocycles. The number of rotatable bonds is 7. The van der Waals surface area contributed by atoms with E-state index >= 15 is 0 Å². The molecule has 0 unspecified atom stereocenters. The number of phenols is 1. The molecule has 0 bridgehead atoms. The molecular formula is C13H19NO4. The first-order valence-electron chi connectivity index (χ1n) is 5.92. The van der Waals surface area contributed by atoms with Gasteiger partial charge in [-0.25, -0.2) is 0 Å². The van der Waals surface area contributed by atoms with Crippen molar-refractivity contribution in [3.63, 3.8) is 0 Å². The fraction of sp³-hybridized carbons (Fsp3) is 0.462. The number of aliphatic carboxylic acids is 1. The van der Waals surface area contributed by atoms with Gasteiger partial charge in [0, 0.05) is 25.6 Å². The highest BCUT2D eigenvalue weighted by Gasteiger charge is 2.11. The van der Waals surface area contributed by atoms with Crippen LogP contribution in [0.3, 0.4) is 0 Å². The number of hydrogen-bond donors (Lipinski definition) is 2. The molecule has 18 heavy (non-hydrogen) atoms. The van der Waals surface area contributed by atoms with Crippen LogP contribution in [0.25, 0.3) is 0 Å². The molecule has 1 rings (SSSR count). The van der Waals surface area contributed by atoms with Crippen LogP contribution in [0.2, 0.25) is 0 Å². The maximum absolute atomic E-state index is 10.5. The van der Waals surface area contributed by atoms with Gasteiger partial charge in [-0.05, 0) is 25.5 Å². The standard InChI is InChI=1S/C13H19NO4/c1-3-14(8-4-5-13(16)17)11-9-10(15)6-7-12(11)18-2/h6-7,9,15H,3-5,8H2,1-2H3,(H,16,17). The molecule has 0 saturated heterocycles. The smallest absolute Gasteiger partial charge is 0.303 e.